The predicted octanol–water partition coefficient (Wildman–Crippen LogP) is 3.73. The lowest BCUT2D eigenvalue weighted by molar-refractivity contribution is -0.130. The summed E-state index contributed by atoms with van der Waals surface area (Å²) in [5.41, 5.74) is 1.73. The van der Waals surface area contributed by atoms with Gasteiger partial charge in [0.2, 0.25) is 5.91 Å². The molecule has 0 atom stereocenters. The lowest BCUT2D eigenvalue weighted by Gasteiger charge is -2.16. The molecule has 7 heteroatoms. The molecule has 0 N–H and O–H groups in total. The summed E-state index contributed by atoms with van der Waals surface area (Å²) in [5, 5.41) is 4.23. The highest BCUT2D eigenvalue weighted by Gasteiger charge is 2.17. The largest absolute Gasteiger partial charge is 0.359 e. The Morgan fingerprint density at radius 2 is 2.04 bits per heavy atom. The first-order chi connectivity index (χ1) is 12.0. The zero-order valence-corrected chi connectivity index (χ0v) is 14.2. The van der Waals surface area contributed by atoms with Crippen LogP contribution >= 0.6 is 11.6 Å². The first kappa shape index (κ1) is 17.1. The summed E-state index contributed by atoms with van der Waals surface area (Å²) in [5.74, 6) is -0.231. The lowest BCUT2D eigenvalue weighted by atomic mass is 10.1. The fraction of sp³-hybridized carbons (Fsp3) is 0.167. The molecule has 0 saturated heterocycles. The number of likely N-dealkylation sites (N-methyl/N-ethyl adjacent to an activating group) is 1. The van der Waals surface area contributed by atoms with Gasteiger partial charge in [0.15, 0.2) is 5.76 Å². The summed E-state index contributed by atoms with van der Waals surface area (Å²) in [6.45, 7) is 0.225. The van der Waals surface area contributed by atoms with E-state index in [2.05, 4.69) is 10.1 Å². The van der Waals surface area contributed by atoms with Crippen LogP contribution in [0.4, 0.5) is 4.39 Å². The van der Waals surface area contributed by atoms with E-state index < -0.39 is 5.82 Å². The van der Waals surface area contributed by atoms with E-state index >= 15 is 0 Å². The molecule has 0 aliphatic rings. The quantitative estimate of drug-likeness (QED) is 0.696. The second kappa shape index (κ2) is 7.44. The molecule has 0 bridgehead atoms. The molecule has 2 heterocycles. The van der Waals surface area contributed by atoms with Crippen molar-refractivity contribution in [3.05, 3.63) is 71.0 Å². The van der Waals surface area contributed by atoms with E-state index in [0.29, 0.717) is 11.5 Å². The molecule has 128 valence electrons. The van der Waals surface area contributed by atoms with Crippen LogP contribution < -0.4 is 0 Å². The van der Waals surface area contributed by atoms with Crippen molar-refractivity contribution in [2.75, 3.05) is 7.05 Å². The Labute approximate surface area is 149 Å². The monoisotopic (exact) mass is 359 g/mol. The van der Waals surface area contributed by atoms with Gasteiger partial charge in [-0.1, -0.05) is 22.8 Å². The Hall–Kier alpha value is -2.73. The van der Waals surface area contributed by atoms with Gasteiger partial charge in [0.25, 0.3) is 0 Å². The molecule has 0 fully saturated rings. The molecule has 0 aliphatic heterocycles. The molecule has 1 aromatic carbocycles. The molecule has 3 aromatic rings. The normalized spacial score (nSPS) is 10.7. The summed E-state index contributed by atoms with van der Waals surface area (Å²) in [4.78, 5) is 17.7. The van der Waals surface area contributed by atoms with Crippen molar-refractivity contribution in [2.45, 2.75) is 13.0 Å². The number of halogens is 2. The van der Waals surface area contributed by atoms with Crippen molar-refractivity contribution in [2.24, 2.45) is 0 Å². The first-order valence-corrected chi connectivity index (χ1v) is 7.95. The van der Waals surface area contributed by atoms with Crippen LogP contribution in [0.5, 0.6) is 0 Å². The van der Waals surface area contributed by atoms with Crippen molar-refractivity contribution in [1.82, 2.24) is 15.0 Å². The number of hydrogen-bond donors (Lipinski definition) is 0. The van der Waals surface area contributed by atoms with Gasteiger partial charge in [-0.25, -0.2) is 4.39 Å². The number of hydrogen-bond acceptors (Lipinski definition) is 4. The summed E-state index contributed by atoms with van der Waals surface area (Å²) in [6.07, 6.45) is 3.21. The van der Waals surface area contributed by atoms with Crippen molar-refractivity contribution in [3.8, 4) is 11.3 Å². The van der Waals surface area contributed by atoms with E-state index in [9.17, 15) is 9.18 Å². The minimum atomic E-state index is -0.492. The Bertz CT molecular complexity index is 863. The molecular formula is C18H15ClFN3O2. The third kappa shape index (κ3) is 4.03. The highest BCUT2D eigenvalue weighted by Crippen LogP contribution is 2.21. The molecule has 0 saturated carbocycles. The molecule has 0 aliphatic carbocycles. The van der Waals surface area contributed by atoms with E-state index in [1.807, 2.05) is 12.1 Å². The van der Waals surface area contributed by atoms with Crippen molar-refractivity contribution in [3.63, 3.8) is 0 Å². The van der Waals surface area contributed by atoms with Crippen LogP contribution in [0, 0.1) is 5.82 Å². The van der Waals surface area contributed by atoms with Gasteiger partial charge >= 0.3 is 0 Å². The number of benzene rings is 1. The molecule has 1 amide bonds. The van der Waals surface area contributed by atoms with Gasteiger partial charge in [-0.05, 0) is 24.3 Å². The Kier molecular flexibility index (Phi) is 5.09. The zero-order chi connectivity index (χ0) is 17.8. The summed E-state index contributed by atoms with van der Waals surface area (Å²) in [6, 6.07) is 9.74. The summed E-state index contributed by atoms with van der Waals surface area (Å²) in [7, 11) is 1.62. The van der Waals surface area contributed by atoms with Gasteiger partial charge in [-0.2, -0.15) is 0 Å². The minimum Gasteiger partial charge on any atom is -0.359 e. The first-order valence-electron chi connectivity index (χ1n) is 7.57. The molecule has 3 rings (SSSR count). The van der Waals surface area contributed by atoms with Crippen molar-refractivity contribution in [1.29, 1.82) is 0 Å². The molecular weight excluding hydrogens is 345 g/mol. The van der Waals surface area contributed by atoms with Gasteiger partial charge in [0.05, 0.1) is 13.0 Å². The average molecular weight is 360 g/mol. The van der Waals surface area contributed by atoms with Gasteiger partial charge in [-0.3, -0.25) is 9.78 Å². The molecule has 5 nitrogen and oxygen atoms in total. The third-order valence-electron chi connectivity index (χ3n) is 3.74. The summed E-state index contributed by atoms with van der Waals surface area (Å²) >= 11 is 5.97. The number of rotatable bonds is 5. The van der Waals surface area contributed by atoms with Gasteiger partial charge in [0, 0.05) is 41.7 Å². The maximum atomic E-state index is 13.8. The Morgan fingerprint density at radius 1 is 1.28 bits per heavy atom. The highest BCUT2D eigenvalue weighted by atomic mass is 35.5. The van der Waals surface area contributed by atoms with Crippen LogP contribution in [0.15, 0.2) is 53.3 Å². The lowest BCUT2D eigenvalue weighted by Crippen LogP contribution is -2.28. The molecule has 2 aromatic heterocycles. The van der Waals surface area contributed by atoms with E-state index in [1.165, 1.54) is 17.0 Å². The van der Waals surface area contributed by atoms with Gasteiger partial charge in [0.1, 0.15) is 11.5 Å². The SMILES string of the molecule is CN(Cc1cc(-c2ccncc2)no1)C(=O)Cc1c(F)cccc1Cl. The fourth-order valence-corrected chi connectivity index (χ4v) is 2.59. The second-order valence-corrected chi connectivity index (χ2v) is 5.95. The van der Waals surface area contributed by atoms with Crippen LogP contribution in [0.3, 0.4) is 0 Å². The van der Waals surface area contributed by atoms with E-state index in [1.54, 1.807) is 31.6 Å². The minimum absolute atomic E-state index is 0.118. The van der Waals surface area contributed by atoms with Crippen molar-refractivity contribution < 1.29 is 13.7 Å². The van der Waals surface area contributed by atoms with Crippen LogP contribution in [0.2, 0.25) is 5.02 Å². The van der Waals surface area contributed by atoms with E-state index in [-0.39, 0.29) is 29.5 Å². The van der Waals surface area contributed by atoms with Crippen LogP contribution in [-0.4, -0.2) is 28.0 Å². The topological polar surface area (TPSA) is 59.2 Å². The van der Waals surface area contributed by atoms with E-state index in [0.717, 1.165) is 5.56 Å². The van der Waals surface area contributed by atoms with Gasteiger partial charge in [-0.15, -0.1) is 0 Å². The number of amides is 1. The molecule has 0 unspecified atom stereocenters. The van der Waals surface area contributed by atoms with Crippen LogP contribution in [0.1, 0.15) is 11.3 Å². The van der Waals surface area contributed by atoms with E-state index in [4.69, 9.17) is 16.1 Å². The van der Waals surface area contributed by atoms with Crippen LogP contribution in [0.25, 0.3) is 11.3 Å². The van der Waals surface area contributed by atoms with Crippen molar-refractivity contribution >= 4 is 17.5 Å². The Morgan fingerprint density at radius 3 is 2.76 bits per heavy atom. The zero-order valence-electron chi connectivity index (χ0n) is 13.4. The number of carbonyl (C=O) groups excluding carboxylic acids is 1. The molecule has 25 heavy (non-hydrogen) atoms. The van der Waals surface area contributed by atoms with Gasteiger partial charge < -0.3 is 9.42 Å². The number of nitrogens with zero attached hydrogens (tertiary/aromatic N) is 3. The smallest absolute Gasteiger partial charge is 0.227 e. The number of aromatic nitrogens is 2. The number of carbonyl (C=O) groups is 1. The fourth-order valence-electron chi connectivity index (χ4n) is 2.36. The highest BCUT2D eigenvalue weighted by molar-refractivity contribution is 6.31. The predicted molar refractivity (Wildman–Crippen MR) is 91.3 cm³/mol. The third-order valence-corrected chi connectivity index (χ3v) is 4.10. The maximum absolute atomic E-state index is 13.8. The number of pyridine rings is 1. The second-order valence-electron chi connectivity index (χ2n) is 5.54. The summed E-state index contributed by atoms with van der Waals surface area (Å²) < 4.78 is 19.1. The molecule has 0 radical (unpaired) electrons. The Balaban J connectivity index is 1.67. The average Bonchev–Trinajstić information content (AvgIpc) is 3.07. The van der Waals surface area contributed by atoms with Crippen LogP contribution in [-0.2, 0) is 17.8 Å². The molecule has 0 spiro atoms. The maximum Gasteiger partial charge on any atom is 0.227 e. The standard InChI is InChI=1S/C18H15ClFN3O2/c1-23(18(24)10-14-15(19)3-2-4-16(14)20)11-13-9-17(22-25-13)12-5-7-21-8-6-12/h2-9H,10-11H2,1H3.